The van der Waals surface area contributed by atoms with Crippen LogP contribution < -0.4 is 19.5 Å². The number of nitrogens with one attached hydrogen (secondary N) is 1. The van der Waals surface area contributed by atoms with Gasteiger partial charge in [0, 0.05) is 37.4 Å². The molecule has 1 aromatic heterocycles. The number of rotatable bonds is 4. The molecular weight excluding hydrogens is 466 g/mol. The number of nitrogens with zero attached hydrogens (tertiary/aromatic N) is 2. The van der Waals surface area contributed by atoms with Crippen LogP contribution in [-0.2, 0) is 4.74 Å². The van der Waals surface area contributed by atoms with Crippen molar-refractivity contribution in [3.05, 3.63) is 59.3 Å². The molecule has 1 fully saturated rings. The van der Waals surface area contributed by atoms with E-state index < -0.39 is 23.5 Å². The van der Waals surface area contributed by atoms with Crippen LogP contribution in [0.25, 0.3) is 10.9 Å². The molecule has 1 spiro atoms. The van der Waals surface area contributed by atoms with Crippen molar-refractivity contribution >= 4 is 28.7 Å². The third-order valence-electron chi connectivity index (χ3n) is 6.55. The standard InChI is InChI=1S/C26H25N3O7/c1-33-20-6-4-5-16-21(34-2)14-18(28-22(16)20)24(31)29-23(30)17-13-15(25(32)35-3)7-8-19(17)36-26(29)9-11-27-12-10-26/h4-8,13-14,27H,9-12H2,1-3H3. The van der Waals surface area contributed by atoms with Gasteiger partial charge in [-0.2, -0.15) is 0 Å². The van der Waals surface area contributed by atoms with Crippen LogP contribution in [0.5, 0.6) is 17.2 Å². The summed E-state index contributed by atoms with van der Waals surface area (Å²) < 4.78 is 22.1. The van der Waals surface area contributed by atoms with Gasteiger partial charge in [-0.15, -0.1) is 0 Å². The number of pyridine rings is 1. The Morgan fingerprint density at radius 1 is 1.03 bits per heavy atom. The average molecular weight is 492 g/mol. The quantitative estimate of drug-likeness (QED) is 0.434. The SMILES string of the molecule is COC(=O)c1ccc2c(c1)C(=O)N(C(=O)c1cc(OC)c3cccc(OC)c3n1)C1(CCNCC1)O2. The van der Waals surface area contributed by atoms with Gasteiger partial charge in [0.1, 0.15) is 28.5 Å². The highest BCUT2D eigenvalue weighted by molar-refractivity contribution is 6.13. The average Bonchev–Trinajstić information content (AvgIpc) is 2.91. The molecule has 0 atom stereocenters. The first-order chi connectivity index (χ1) is 17.4. The zero-order valence-electron chi connectivity index (χ0n) is 20.1. The van der Waals surface area contributed by atoms with Crippen LogP contribution in [0.4, 0.5) is 0 Å². The van der Waals surface area contributed by atoms with E-state index in [9.17, 15) is 14.4 Å². The summed E-state index contributed by atoms with van der Waals surface area (Å²) in [5.74, 6) is -0.619. The smallest absolute Gasteiger partial charge is 0.337 e. The van der Waals surface area contributed by atoms with Gasteiger partial charge < -0.3 is 24.3 Å². The zero-order chi connectivity index (χ0) is 25.4. The van der Waals surface area contributed by atoms with Gasteiger partial charge in [0.05, 0.1) is 32.5 Å². The van der Waals surface area contributed by atoms with E-state index in [0.717, 1.165) is 4.90 Å². The van der Waals surface area contributed by atoms with Crippen LogP contribution in [0, 0.1) is 0 Å². The van der Waals surface area contributed by atoms with Gasteiger partial charge >= 0.3 is 5.97 Å². The molecule has 3 heterocycles. The summed E-state index contributed by atoms with van der Waals surface area (Å²) >= 11 is 0. The maximum Gasteiger partial charge on any atom is 0.337 e. The fourth-order valence-corrected chi connectivity index (χ4v) is 4.76. The van der Waals surface area contributed by atoms with Crippen molar-refractivity contribution < 1.29 is 33.3 Å². The normalized spacial score (nSPS) is 16.3. The summed E-state index contributed by atoms with van der Waals surface area (Å²) in [6, 6.07) is 11.3. The van der Waals surface area contributed by atoms with Gasteiger partial charge in [0.15, 0.2) is 5.72 Å². The molecule has 0 radical (unpaired) electrons. The first-order valence-electron chi connectivity index (χ1n) is 11.4. The Morgan fingerprint density at radius 2 is 1.78 bits per heavy atom. The van der Waals surface area contributed by atoms with Crippen molar-refractivity contribution in [3.8, 4) is 17.2 Å². The van der Waals surface area contributed by atoms with E-state index in [2.05, 4.69) is 10.3 Å². The van der Waals surface area contributed by atoms with Crippen molar-refractivity contribution in [2.75, 3.05) is 34.4 Å². The lowest BCUT2D eigenvalue weighted by Crippen LogP contribution is -2.64. The van der Waals surface area contributed by atoms with Crippen molar-refractivity contribution in [1.82, 2.24) is 15.2 Å². The van der Waals surface area contributed by atoms with Gasteiger partial charge in [0.25, 0.3) is 11.8 Å². The van der Waals surface area contributed by atoms with Crippen LogP contribution >= 0.6 is 0 Å². The predicted octanol–water partition coefficient (Wildman–Crippen LogP) is 2.79. The molecule has 0 bridgehead atoms. The number of piperidine rings is 1. The summed E-state index contributed by atoms with van der Waals surface area (Å²) in [5.41, 5.74) is -0.492. The maximum absolute atomic E-state index is 14.0. The fourth-order valence-electron chi connectivity index (χ4n) is 4.76. The molecule has 1 saturated heterocycles. The summed E-state index contributed by atoms with van der Waals surface area (Å²) in [6.07, 6.45) is 0.771. The Balaban J connectivity index is 1.66. The molecule has 2 aliphatic rings. The van der Waals surface area contributed by atoms with E-state index in [-0.39, 0.29) is 16.8 Å². The summed E-state index contributed by atoms with van der Waals surface area (Å²) in [7, 11) is 4.27. The topological polar surface area (TPSA) is 116 Å². The molecule has 2 amide bonds. The second-order valence-electron chi connectivity index (χ2n) is 8.51. The molecule has 2 aromatic carbocycles. The van der Waals surface area contributed by atoms with Gasteiger partial charge in [-0.1, -0.05) is 6.07 Å². The first kappa shape index (κ1) is 23.6. The van der Waals surface area contributed by atoms with Gasteiger partial charge in [-0.25, -0.2) is 14.7 Å². The second-order valence-corrected chi connectivity index (χ2v) is 8.51. The Morgan fingerprint density at radius 3 is 2.47 bits per heavy atom. The Bertz CT molecular complexity index is 1380. The molecule has 10 nitrogen and oxygen atoms in total. The number of carbonyl (C=O) groups is 3. The number of methoxy groups -OCH3 is 3. The molecule has 0 aliphatic carbocycles. The van der Waals surface area contributed by atoms with Crippen molar-refractivity contribution in [2.45, 2.75) is 18.6 Å². The highest BCUT2D eigenvalue weighted by atomic mass is 16.5. The molecule has 36 heavy (non-hydrogen) atoms. The maximum atomic E-state index is 14.0. The third kappa shape index (κ3) is 3.70. The summed E-state index contributed by atoms with van der Waals surface area (Å²) in [4.78, 5) is 45.7. The molecule has 10 heteroatoms. The van der Waals surface area contributed by atoms with Crippen LogP contribution in [0.15, 0.2) is 42.5 Å². The van der Waals surface area contributed by atoms with Gasteiger partial charge in [0.2, 0.25) is 0 Å². The third-order valence-corrected chi connectivity index (χ3v) is 6.55. The molecule has 2 aliphatic heterocycles. The number of imide groups is 1. The Hall–Kier alpha value is -4.18. The summed E-state index contributed by atoms with van der Waals surface area (Å²) in [6.45, 7) is 1.10. The number of para-hydroxylation sites is 1. The van der Waals surface area contributed by atoms with Gasteiger partial charge in [-0.05, 0) is 30.3 Å². The lowest BCUT2D eigenvalue weighted by Gasteiger charge is -2.47. The first-order valence-corrected chi connectivity index (χ1v) is 11.4. The number of aromatic nitrogens is 1. The van der Waals surface area contributed by atoms with Crippen molar-refractivity contribution in [3.63, 3.8) is 0 Å². The molecule has 0 saturated carbocycles. The number of esters is 1. The molecule has 5 rings (SSSR count). The lowest BCUT2D eigenvalue weighted by atomic mass is 9.94. The van der Waals surface area contributed by atoms with Crippen molar-refractivity contribution in [2.24, 2.45) is 0 Å². The molecular formula is C26H25N3O7. The van der Waals surface area contributed by atoms with E-state index >= 15 is 0 Å². The largest absolute Gasteiger partial charge is 0.496 e. The Labute approximate surface area is 207 Å². The zero-order valence-corrected chi connectivity index (χ0v) is 20.1. The highest BCUT2D eigenvalue weighted by Crippen LogP contribution is 2.40. The number of ether oxygens (including phenoxy) is 4. The number of fused-ring (bicyclic) bond motifs is 2. The van der Waals surface area contributed by atoms with Crippen molar-refractivity contribution in [1.29, 1.82) is 0 Å². The molecule has 3 aromatic rings. The van der Waals surface area contributed by atoms with E-state index in [1.54, 1.807) is 18.2 Å². The molecule has 1 N–H and O–H groups in total. The number of hydrogen-bond donors (Lipinski definition) is 1. The van der Waals surface area contributed by atoms with E-state index in [1.807, 2.05) is 6.07 Å². The lowest BCUT2D eigenvalue weighted by molar-refractivity contribution is -0.0778. The van der Waals surface area contributed by atoms with Crippen LogP contribution in [-0.4, -0.2) is 67.8 Å². The van der Waals surface area contributed by atoms with Crippen LogP contribution in [0.2, 0.25) is 0 Å². The van der Waals surface area contributed by atoms with Crippen LogP contribution in [0.1, 0.15) is 44.0 Å². The monoisotopic (exact) mass is 491 g/mol. The Kier molecular flexibility index (Phi) is 5.97. The number of benzene rings is 2. The highest BCUT2D eigenvalue weighted by Gasteiger charge is 2.51. The number of hydrogen-bond acceptors (Lipinski definition) is 9. The minimum Gasteiger partial charge on any atom is -0.496 e. The number of carbonyl (C=O) groups excluding carboxylic acids is 3. The van der Waals surface area contributed by atoms with E-state index in [4.69, 9.17) is 18.9 Å². The summed E-state index contributed by atoms with van der Waals surface area (Å²) in [5, 5.41) is 3.91. The molecule has 0 unspecified atom stereocenters. The predicted molar refractivity (Wildman–Crippen MR) is 129 cm³/mol. The van der Waals surface area contributed by atoms with Gasteiger partial charge in [-0.3, -0.25) is 9.59 Å². The van der Waals surface area contributed by atoms with E-state index in [0.29, 0.717) is 54.1 Å². The minimum atomic E-state index is -1.20. The fraction of sp³-hybridized carbons (Fsp3) is 0.308. The second kappa shape index (κ2) is 9.12. The molecule has 186 valence electrons. The van der Waals surface area contributed by atoms with E-state index in [1.165, 1.54) is 39.5 Å². The minimum absolute atomic E-state index is 0.00581. The number of amides is 2. The van der Waals surface area contributed by atoms with Crippen LogP contribution in [0.3, 0.4) is 0 Å².